The van der Waals surface area contributed by atoms with Crippen molar-refractivity contribution in [1.29, 1.82) is 0 Å². The Kier molecular flexibility index (Phi) is 2.84. The van der Waals surface area contributed by atoms with E-state index in [0.717, 1.165) is 4.73 Å². The second kappa shape index (κ2) is 3.89. The lowest BCUT2D eigenvalue weighted by Gasteiger charge is -2.01. The van der Waals surface area contributed by atoms with E-state index >= 15 is 0 Å². The fraction of sp³-hybridized carbons (Fsp3) is 0.333. The number of ether oxygens (including phenoxy) is 1. The predicted molar refractivity (Wildman–Crippen MR) is 44.5 cm³/mol. The normalized spacial score (nSPS) is 9.69. The van der Waals surface area contributed by atoms with Crippen molar-refractivity contribution in [3.05, 3.63) is 29.6 Å². The number of hydrogen-bond acceptors (Lipinski definition) is 3. The van der Waals surface area contributed by atoms with Crippen molar-refractivity contribution in [3.8, 4) is 0 Å². The van der Waals surface area contributed by atoms with Gasteiger partial charge < -0.3 is 4.74 Å². The van der Waals surface area contributed by atoms with Crippen molar-refractivity contribution >= 4 is 5.97 Å². The van der Waals surface area contributed by atoms with Crippen LogP contribution in [-0.4, -0.2) is 17.8 Å². The zero-order chi connectivity index (χ0) is 9.84. The van der Waals surface area contributed by atoms with E-state index in [1.54, 1.807) is 13.8 Å². The molecule has 0 aromatic carbocycles. The van der Waals surface area contributed by atoms with Crippen LogP contribution in [0.4, 0.5) is 0 Å². The van der Waals surface area contributed by atoms with Gasteiger partial charge in [-0.05, 0) is 13.8 Å². The number of carbonyl (C=O) groups excluding carboxylic acids is 1. The third-order valence-electron chi connectivity index (χ3n) is 1.64. The molecule has 0 radical (unpaired) electrons. The van der Waals surface area contributed by atoms with Gasteiger partial charge in [-0.3, -0.25) is 5.21 Å². The lowest BCUT2D eigenvalue weighted by atomic mass is 10.2. The number of aryl methyl sites for hydroxylation is 1. The van der Waals surface area contributed by atoms with Gasteiger partial charge in [0.05, 0.1) is 12.2 Å². The Morgan fingerprint density at radius 2 is 2.38 bits per heavy atom. The van der Waals surface area contributed by atoms with Gasteiger partial charge in [0.2, 0.25) is 12.4 Å². The summed E-state index contributed by atoms with van der Waals surface area (Å²) in [5, 5.41) is 9.01. The van der Waals surface area contributed by atoms with Gasteiger partial charge in [0.1, 0.15) is 0 Å². The molecule has 13 heavy (non-hydrogen) atoms. The molecular weight excluding hydrogens is 170 g/mol. The average Bonchev–Trinajstić information content (AvgIpc) is 2.04. The van der Waals surface area contributed by atoms with Gasteiger partial charge in [-0.1, -0.05) is 0 Å². The highest BCUT2D eigenvalue weighted by Crippen LogP contribution is 2.05. The summed E-state index contributed by atoms with van der Waals surface area (Å²) in [5.74, 6) is -0.361. The maximum Gasteiger partial charge on any atom is 0.338 e. The van der Waals surface area contributed by atoms with Crippen LogP contribution in [-0.2, 0) is 4.74 Å². The van der Waals surface area contributed by atoms with E-state index < -0.39 is 0 Å². The quantitative estimate of drug-likeness (QED) is 0.416. The van der Waals surface area contributed by atoms with Crippen LogP contribution in [0.1, 0.15) is 22.8 Å². The summed E-state index contributed by atoms with van der Waals surface area (Å²) < 4.78 is 5.72. The van der Waals surface area contributed by atoms with Gasteiger partial charge in [0, 0.05) is 16.4 Å². The number of carbonyl (C=O) groups is 1. The molecule has 0 amide bonds. The molecule has 0 fully saturated rings. The molecule has 1 N–H and O–H groups in total. The van der Waals surface area contributed by atoms with Gasteiger partial charge in [-0.2, -0.15) is 0 Å². The second-order valence-corrected chi connectivity index (χ2v) is 2.64. The molecule has 4 heteroatoms. The third-order valence-corrected chi connectivity index (χ3v) is 1.64. The van der Waals surface area contributed by atoms with Gasteiger partial charge in [-0.25, -0.2) is 4.79 Å². The SMILES string of the molecule is CCOC(=O)c1cc[n+](O)cc1C. The number of esters is 1. The van der Waals surface area contributed by atoms with Gasteiger partial charge in [0.25, 0.3) is 0 Å². The first-order valence-corrected chi connectivity index (χ1v) is 4.03. The fourth-order valence-corrected chi connectivity index (χ4v) is 1.03. The van der Waals surface area contributed by atoms with Gasteiger partial charge in [0.15, 0.2) is 0 Å². The summed E-state index contributed by atoms with van der Waals surface area (Å²) in [6.45, 7) is 3.84. The molecule has 1 aromatic heterocycles. The highest BCUT2D eigenvalue weighted by atomic mass is 16.5. The Balaban J connectivity index is 2.95. The van der Waals surface area contributed by atoms with E-state index in [4.69, 9.17) is 9.94 Å². The summed E-state index contributed by atoms with van der Waals surface area (Å²) in [7, 11) is 0. The lowest BCUT2D eigenvalue weighted by molar-refractivity contribution is -0.905. The zero-order valence-corrected chi connectivity index (χ0v) is 7.65. The van der Waals surface area contributed by atoms with E-state index in [0.29, 0.717) is 17.7 Å². The van der Waals surface area contributed by atoms with E-state index in [-0.39, 0.29) is 5.97 Å². The highest BCUT2D eigenvalue weighted by Gasteiger charge is 2.12. The molecule has 0 aliphatic heterocycles. The Morgan fingerprint density at radius 1 is 1.69 bits per heavy atom. The van der Waals surface area contributed by atoms with Crippen LogP contribution >= 0.6 is 0 Å². The number of aromatic nitrogens is 1. The zero-order valence-electron chi connectivity index (χ0n) is 7.65. The van der Waals surface area contributed by atoms with E-state index in [1.807, 2.05) is 0 Å². The van der Waals surface area contributed by atoms with Crippen LogP contribution in [0.5, 0.6) is 0 Å². The van der Waals surface area contributed by atoms with Crippen molar-refractivity contribution in [3.63, 3.8) is 0 Å². The third kappa shape index (κ3) is 2.18. The molecule has 0 atom stereocenters. The number of pyridine rings is 1. The monoisotopic (exact) mass is 182 g/mol. The molecule has 1 rings (SSSR count). The van der Waals surface area contributed by atoms with Crippen LogP contribution < -0.4 is 4.73 Å². The largest absolute Gasteiger partial charge is 0.462 e. The number of rotatable bonds is 2. The van der Waals surface area contributed by atoms with E-state index in [2.05, 4.69) is 0 Å². The van der Waals surface area contributed by atoms with Crippen molar-refractivity contribution in [2.24, 2.45) is 0 Å². The fourth-order valence-electron chi connectivity index (χ4n) is 1.03. The Bertz CT molecular complexity index is 323. The molecule has 70 valence electrons. The topological polar surface area (TPSA) is 50.4 Å². The minimum Gasteiger partial charge on any atom is -0.462 e. The van der Waals surface area contributed by atoms with Crippen LogP contribution in [0.2, 0.25) is 0 Å². The van der Waals surface area contributed by atoms with Gasteiger partial charge >= 0.3 is 5.97 Å². The molecule has 0 saturated heterocycles. The Hall–Kier alpha value is -1.58. The molecule has 0 unspecified atom stereocenters. The summed E-state index contributed by atoms with van der Waals surface area (Å²) in [6.07, 6.45) is 2.84. The molecule has 0 aliphatic rings. The van der Waals surface area contributed by atoms with Crippen molar-refractivity contribution < 1.29 is 19.5 Å². The summed E-state index contributed by atoms with van der Waals surface area (Å²) >= 11 is 0. The lowest BCUT2D eigenvalue weighted by Crippen LogP contribution is -2.29. The first kappa shape index (κ1) is 9.51. The predicted octanol–water partition coefficient (Wildman–Crippen LogP) is 0.697. The minimum atomic E-state index is -0.361. The van der Waals surface area contributed by atoms with Gasteiger partial charge in [-0.15, -0.1) is 0 Å². The van der Waals surface area contributed by atoms with Crippen molar-refractivity contribution in [2.75, 3.05) is 6.61 Å². The summed E-state index contributed by atoms with van der Waals surface area (Å²) in [4.78, 5) is 11.3. The van der Waals surface area contributed by atoms with Crippen LogP contribution in [0.25, 0.3) is 0 Å². The van der Waals surface area contributed by atoms with E-state index in [9.17, 15) is 4.79 Å². The van der Waals surface area contributed by atoms with Crippen LogP contribution in [0.15, 0.2) is 18.5 Å². The number of nitrogens with zero attached hydrogens (tertiary/aromatic N) is 1. The highest BCUT2D eigenvalue weighted by molar-refractivity contribution is 5.90. The molecule has 1 heterocycles. The number of hydrogen-bond donors (Lipinski definition) is 1. The van der Waals surface area contributed by atoms with Crippen LogP contribution in [0.3, 0.4) is 0 Å². The molecule has 1 aromatic rings. The molecular formula is C9H12NO3+. The molecule has 4 nitrogen and oxygen atoms in total. The molecule has 0 spiro atoms. The Labute approximate surface area is 76.3 Å². The van der Waals surface area contributed by atoms with Crippen molar-refractivity contribution in [1.82, 2.24) is 0 Å². The van der Waals surface area contributed by atoms with Crippen LogP contribution in [0, 0.1) is 6.92 Å². The maximum atomic E-state index is 11.3. The smallest absolute Gasteiger partial charge is 0.338 e. The maximum absolute atomic E-state index is 11.3. The summed E-state index contributed by atoms with van der Waals surface area (Å²) in [5.41, 5.74) is 1.16. The Morgan fingerprint density at radius 3 is 2.92 bits per heavy atom. The first-order valence-electron chi connectivity index (χ1n) is 4.03. The molecule has 0 saturated carbocycles. The first-order chi connectivity index (χ1) is 6.15. The second-order valence-electron chi connectivity index (χ2n) is 2.64. The molecule has 0 aliphatic carbocycles. The standard InChI is InChI=1S/C9H12NO3/c1-3-13-9(11)8-4-5-10(12)6-7(8)2/h4-6,12H,3H2,1-2H3/q+1. The average molecular weight is 182 g/mol. The van der Waals surface area contributed by atoms with Crippen molar-refractivity contribution in [2.45, 2.75) is 13.8 Å². The molecule has 0 bridgehead atoms. The minimum absolute atomic E-state index is 0.353. The summed E-state index contributed by atoms with van der Waals surface area (Å²) in [6, 6.07) is 1.52. The van der Waals surface area contributed by atoms with E-state index in [1.165, 1.54) is 18.5 Å².